The van der Waals surface area contributed by atoms with Gasteiger partial charge < -0.3 is 10.6 Å². The third-order valence-electron chi connectivity index (χ3n) is 3.28. The van der Waals surface area contributed by atoms with Crippen LogP contribution in [0.4, 0.5) is 18.9 Å². The average Bonchev–Trinajstić information content (AvgIpc) is 2.57. The number of hydrogen-bond acceptors (Lipinski definition) is 4. The Morgan fingerprint density at radius 1 is 1.24 bits per heavy atom. The Kier molecular flexibility index (Phi) is 5.83. The Morgan fingerprint density at radius 3 is 2.48 bits per heavy atom. The van der Waals surface area contributed by atoms with E-state index < -0.39 is 17.6 Å². The van der Waals surface area contributed by atoms with Crippen molar-refractivity contribution in [3.8, 4) is 0 Å². The summed E-state index contributed by atoms with van der Waals surface area (Å²) in [5.41, 5.74) is -0.510. The van der Waals surface area contributed by atoms with Gasteiger partial charge in [-0.15, -0.1) is 0 Å². The Morgan fingerprint density at radius 2 is 1.88 bits per heavy atom. The first-order valence-corrected chi connectivity index (χ1v) is 7.90. The topological polar surface area (TPSA) is 76.0 Å². The molecule has 2 rings (SSSR count). The summed E-state index contributed by atoms with van der Waals surface area (Å²) >= 11 is 3.16. The average molecular weight is 419 g/mol. The second-order valence-corrected chi connectivity index (χ2v) is 5.85. The van der Waals surface area contributed by atoms with Crippen LogP contribution < -0.4 is 16.2 Å². The molecule has 134 valence electrons. The molecule has 25 heavy (non-hydrogen) atoms. The van der Waals surface area contributed by atoms with Crippen LogP contribution in [0.2, 0.25) is 0 Å². The molecule has 0 saturated heterocycles. The van der Waals surface area contributed by atoms with Gasteiger partial charge >= 0.3 is 6.18 Å². The highest BCUT2D eigenvalue weighted by atomic mass is 79.9. The molecule has 1 aromatic carbocycles. The number of carbonyl (C=O) groups is 1. The number of nitrogens with zero attached hydrogens (tertiary/aromatic N) is 2. The molecule has 2 aromatic rings. The maximum Gasteiger partial charge on any atom is 0.416 e. The van der Waals surface area contributed by atoms with E-state index in [2.05, 4.69) is 31.7 Å². The van der Waals surface area contributed by atoms with Crippen molar-refractivity contribution in [2.75, 3.05) is 18.4 Å². The van der Waals surface area contributed by atoms with Crippen molar-refractivity contribution in [2.24, 2.45) is 7.05 Å². The number of aromatic nitrogens is 2. The smallest absolute Gasteiger partial charge is 0.381 e. The third kappa shape index (κ3) is 4.81. The van der Waals surface area contributed by atoms with Gasteiger partial charge in [-0.25, -0.2) is 4.68 Å². The van der Waals surface area contributed by atoms with Crippen LogP contribution in [0.5, 0.6) is 0 Å². The van der Waals surface area contributed by atoms with Gasteiger partial charge in [-0.05, 0) is 40.2 Å². The minimum absolute atomic E-state index is 0.129. The predicted molar refractivity (Wildman–Crippen MR) is 89.4 cm³/mol. The second kappa shape index (κ2) is 7.68. The highest BCUT2D eigenvalue weighted by Crippen LogP contribution is 2.29. The molecule has 0 spiro atoms. The molecule has 1 aromatic heterocycles. The van der Waals surface area contributed by atoms with Crippen molar-refractivity contribution >= 4 is 27.5 Å². The fourth-order valence-corrected chi connectivity index (χ4v) is 2.42. The van der Waals surface area contributed by atoms with E-state index in [0.717, 1.165) is 24.3 Å². The zero-order valence-corrected chi connectivity index (χ0v) is 14.6. The van der Waals surface area contributed by atoms with Gasteiger partial charge in [0.2, 0.25) is 0 Å². The van der Waals surface area contributed by atoms with Crippen LogP contribution in [0.25, 0.3) is 0 Å². The summed E-state index contributed by atoms with van der Waals surface area (Å²) in [7, 11) is 1.52. The van der Waals surface area contributed by atoms with E-state index in [0.29, 0.717) is 16.7 Å². The first-order chi connectivity index (χ1) is 11.7. The lowest BCUT2D eigenvalue weighted by Gasteiger charge is -2.10. The number of amides is 1. The van der Waals surface area contributed by atoms with Crippen molar-refractivity contribution in [1.82, 2.24) is 15.1 Å². The summed E-state index contributed by atoms with van der Waals surface area (Å²) in [5, 5.41) is 9.36. The van der Waals surface area contributed by atoms with Crippen molar-refractivity contribution in [3.63, 3.8) is 0 Å². The fourth-order valence-electron chi connectivity index (χ4n) is 1.92. The van der Waals surface area contributed by atoms with Crippen molar-refractivity contribution in [2.45, 2.75) is 6.18 Å². The maximum atomic E-state index is 12.5. The number of carbonyl (C=O) groups excluding carboxylic acids is 1. The Hall–Kier alpha value is -2.36. The van der Waals surface area contributed by atoms with Gasteiger partial charge in [0.05, 0.1) is 17.4 Å². The monoisotopic (exact) mass is 418 g/mol. The fraction of sp³-hybridized carbons (Fsp3) is 0.267. The molecule has 0 aliphatic heterocycles. The Labute approximate surface area is 149 Å². The molecule has 0 aliphatic rings. The molecule has 0 unspecified atom stereocenters. The highest BCUT2D eigenvalue weighted by molar-refractivity contribution is 9.10. The highest BCUT2D eigenvalue weighted by Gasteiger charge is 2.30. The van der Waals surface area contributed by atoms with Crippen LogP contribution in [0, 0.1) is 0 Å². The minimum Gasteiger partial charge on any atom is -0.381 e. The van der Waals surface area contributed by atoms with Crippen molar-refractivity contribution in [3.05, 3.63) is 56.4 Å². The first-order valence-electron chi connectivity index (χ1n) is 7.11. The van der Waals surface area contributed by atoms with Crippen molar-refractivity contribution < 1.29 is 18.0 Å². The van der Waals surface area contributed by atoms with Crippen molar-refractivity contribution in [1.29, 1.82) is 0 Å². The van der Waals surface area contributed by atoms with E-state index in [9.17, 15) is 22.8 Å². The zero-order chi connectivity index (χ0) is 18.6. The van der Waals surface area contributed by atoms with E-state index in [-0.39, 0.29) is 17.7 Å². The predicted octanol–water partition coefficient (Wildman–Crippen LogP) is 2.40. The number of benzene rings is 1. The molecular weight excluding hydrogens is 405 g/mol. The molecule has 0 saturated carbocycles. The molecule has 1 heterocycles. The SMILES string of the molecule is Cn1ncc(NCCNC(=O)c2ccc(C(F)(F)F)cc2)c(Br)c1=O. The van der Waals surface area contributed by atoms with E-state index in [1.165, 1.54) is 17.9 Å². The van der Waals surface area contributed by atoms with Gasteiger partial charge in [-0.3, -0.25) is 9.59 Å². The van der Waals surface area contributed by atoms with Gasteiger partial charge in [0.25, 0.3) is 11.5 Å². The lowest BCUT2D eigenvalue weighted by Crippen LogP contribution is -2.29. The van der Waals surface area contributed by atoms with E-state index in [1.54, 1.807) is 0 Å². The molecule has 2 N–H and O–H groups in total. The number of aryl methyl sites for hydroxylation is 1. The van der Waals surface area contributed by atoms with Crippen LogP contribution in [0.1, 0.15) is 15.9 Å². The molecule has 0 aliphatic carbocycles. The number of halogens is 4. The number of nitrogens with one attached hydrogen (secondary N) is 2. The normalized spacial score (nSPS) is 11.2. The summed E-state index contributed by atoms with van der Waals surface area (Å²) in [4.78, 5) is 23.6. The second-order valence-electron chi connectivity index (χ2n) is 5.06. The Balaban J connectivity index is 1.87. The summed E-state index contributed by atoms with van der Waals surface area (Å²) in [6.45, 7) is 0.515. The Bertz CT molecular complexity index is 819. The molecule has 10 heteroatoms. The lowest BCUT2D eigenvalue weighted by atomic mass is 10.1. The quantitative estimate of drug-likeness (QED) is 0.731. The maximum absolute atomic E-state index is 12.5. The van der Waals surface area contributed by atoms with Crippen LogP contribution in [0.15, 0.2) is 39.7 Å². The number of rotatable bonds is 5. The molecule has 6 nitrogen and oxygen atoms in total. The van der Waals surface area contributed by atoms with Crippen LogP contribution in [-0.4, -0.2) is 28.8 Å². The van der Waals surface area contributed by atoms with Crippen LogP contribution >= 0.6 is 15.9 Å². The standard InChI is InChI=1S/C15H14BrF3N4O2/c1-23-14(25)12(16)11(8-22-23)20-6-7-21-13(24)9-2-4-10(5-3-9)15(17,18)19/h2-5,8,20H,6-7H2,1H3,(H,21,24). The van der Waals surface area contributed by atoms with Gasteiger partial charge in [0, 0.05) is 25.7 Å². The lowest BCUT2D eigenvalue weighted by molar-refractivity contribution is -0.137. The van der Waals surface area contributed by atoms with E-state index in [1.807, 2.05) is 0 Å². The molecule has 0 fully saturated rings. The van der Waals surface area contributed by atoms with Crippen LogP contribution in [-0.2, 0) is 13.2 Å². The number of anilines is 1. The molecule has 0 atom stereocenters. The molecule has 1 amide bonds. The zero-order valence-electron chi connectivity index (χ0n) is 13.0. The van der Waals surface area contributed by atoms with E-state index >= 15 is 0 Å². The third-order valence-corrected chi connectivity index (χ3v) is 4.04. The summed E-state index contributed by atoms with van der Waals surface area (Å²) in [5.74, 6) is -0.489. The van der Waals surface area contributed by atoms with Gasteiger partial charge in [0.1, 0.15) is 4.47 Å². The summed E-state index contributed by atoms with van der Waals surface area (Å²) in [6, 6.07) is 3.95. The minimum atomic E-state index is -4.44. The van der Waals surface area contributed by atoms with Gasteiger partial charge in [-0.2, -0.15) is 18.3 Å². The molecule has 0 radical (unpaired) electrons. The molecular formula is C15H14BrF3N4O2. The van der Waals surface area contributed by atoms with Gasteiger partial charge in [-0.1, -0.05) is 0 Å². The summed E-state index contributed by atoms with van der Waals surface area (Å²) < 4.78 is 38.9. The number of hydrogen-bond donors (Lipinski definition) is 2. The van der Waals surface area contributed by atoms with Gasteiger partial charge in [0.15, 0.2) is 0 Å². The van der Waals surface area contributed by atoms with E-state index in [4.69, 9.17) is 0 Å². The van der Waals surface area contributed by atoms with Crippen LogP contribution in [0.3, 0.4) is 0 Å². The summed E-state index contributed by atoms with van der Waals surface area (Å²) in [6.07, 6.45) is -2.98. The number of alkyl halides is 3. The molecule has 0 bridgehead atoms. The first kappa shape index (κ1) is 19.0. The largest absolute Gasteiger partial charge is 0.416 e.